The van der Waals surface area contributed by atoms with Crippen molar-refractivity contribution in [3.8, 4) is 11.3 Å². The summed E-state index contributed by atoms with van der Waals surface area (Å²) < 4.78 is 7.33. The molecule has 0 N–H and O–H groups in total. The van der Waals surface area contributed by atoms with E-state index >= 15 is 0 Å². The Hall–Kier alpha value is -2.60. The molecule has 0 bridgehead atoms. The highest BCUT2D eigenvalue weighted by molar-refractivity contribution is 6.33. The number of rotatable bonds is 4. The molecule has 27 heavy (non-hydrogen) atoms. The molecule has 0 radical (unpaired) electrons. The molecule has 1 amide bonds. The molecule has 1 aliphatic rings. The second-order valence-electron chi connectivity index (χ2n) is 6.67. The number of aryl methyl sites for hydroxylation is 2. The van der Waals surface area contributed by atoms with Crippen LogP contribution in [-0.4, -0.2) is 32.3 Å². The number of amides is 1. The summed E-state index contributed by atoms with van der Waals surface area (Å²) in [7, 11) is 0. The van der Waals surface area contributed by atoms with E-state index in [-0.39, 0.29) is 11.9 Å². The molecule has 1 aliphatic heterocycles. The molecule has 1 atom stereocenters. The van der Waals surface area contributed by atoms with Crippen LogP contribution in [0.1, 0.15) is 47.6 Å². The zero-order valence-electron chi connectivity index (χ0n) is 15.4. The van der Waals surface area contributed by atoms with Crippen molar-refractivity contribution >= 4 is 17.5 Å². The highest BCUT2D eigenvalue weighted by atomic mass is 35.5. The van der Waals surface area contributed by atoms with Crippen molar-refractivity contribution in [1.29, 1.82) is 0 Å². The Kier molecular flexibility index (Phi) is 4.74. The number of carbonyl (C=O) groups excluding carboxylic acids is 1. The Balaban J connectivity index is 1.73. The Morgan fingerprint density at radius 1 is 1.33 bits per heavy atom. The SMILES string of the molecule is CCn1nccc1[C@H]1CCCN1C(=O)c1c(-c2ccccc2Cl)noc1C. The fraction of sp³-hybridized carbons (Fsp3) is 0.350. The summed E-state index contributed by atoms with van der Waals surface area (Å²) in [4.78, 5) is 15.4. The number of hydrogen-bond acceptors (Lipinski definition) is 4. The van der Waals surface area contributed by atoms with Gasteiger partial charge in [0.2, 0.25) is 0 Å². The van der Waals surface area contributed by atoms with Gasteiger partial charge in [-0.15, -0.1) is 0 Å². The van der Waals surface area contributed by atoms with E-state index < -0.39 is 0 Å². The summed E-state index contributed by atoms with van der Waals surface area (Å²) in [5.41, 5.74) is 2.75. The monoisotopic (exact) mass is 384 g/mol. The number of carbonyl (C=O) groups is 1. The lowest BCUT2D eigenvalue weighted by Crippen LogP contribution is -2.32. The van der Waals surface area contributed by atoms with Crippen LogP contribution >= 0.6 is 11.6 Å². The smallest absolute Gasteiger partial charge is 0.260 e. The predicted octanol–water partition coefficient (Wildman–Crippen LogP) is 4.50. The molecular weight excluding hydrogens is 364 g/mol. The van der Waals surface area contributed by atoms with Gasteiger partial charge in [-0.05, 0) is 38.8 Å². The van der Waals surface area contributed by atoms with Gasteiger partial charge in [0.25, 0.3) is 5.91 Å². The second kappa shape index (κ2) is 7.19. The van der Waals surface area contributed by atoms with Crippen LogP contribution in [0.2, 0.25) is 5.02 Å². The Bertz CT molecular complexity index is 978. The minimum absolute atomic E-state index is 0.00773. The normalized spacial score (nSPS) is 16.9. The number of likely N-dealkylation sites (tertiary alicyclic amines) is 1. The molecule has 3 aromatic rings. The molecule has 1 fully saturated rings. The minimum Gasteiger partial charge on any atom is -0.360 e. The minimum atomic E-state index is -0.0741. The average Bonchev–Trinajstić information content (AvgIpc) is 3.40. The Labute approximate surface area is 162 Å². The van der Waals surface area contributed by atoms with Crippen LogP contribution in [0.4, 0.5) is 0 Å². The fourth-order valence-corrected chi connectivity index (χ4v) is 4.04. The summed E-state index contributed by atoms with van der Waals surface area (Å²) in [6.45, 7) is 5.29. The third kappa shape index (κ3) is 3.04. The van der Waals surface area contributed by atoms with Gasteiger partial charge in [0.15, 0.2) is 0 Å². The molecule has 2 aromatic heterocycles. The molecule has 0 unspecified atom stereocenters. The van der Waals surface area contributed by atoms with Crippen molar-refractivity contribution in [1.82, 2.24) is 19.8 Å². The Morgan fingerprint density at radius 2 is 2.15 bits per heavy atom. The van der Waals surface area contributed by atoms with E-state index in [2.05, 4.69) is 17.2 Å². The first-order chi connectivity index (χ1) is 13.1. The molecule has 6 nitrogen and oxygen atoms in total. The summed E-state index contributed by atoms with van der Waals surface area (Å²) in [5, 5.41) is 9.04. The molecule has 0 spiro atoms. The van der Waals surface area contributed by atoms with Gasteiger partial charge in [-0.25, -0.2) is 0 Å². The van der Waals surface area contributed by atoms with Crippen LogP contribution in [0.3, 0.4) is 0 Å². The second-order valence-corrected chi connectivity index (χ2v) is 7.08. The van der Waals surface area contributed by atoms with E-state index in [1.807, 2.05) is 33.8 Å². The van der Waals surface area contributed by atoms with Crippen molar-refractivity contribution in [2.75, 3.05) is 6.54 Å². The molecule has 0 aliphatic carbocycles. The third-order valence-electron chi connectivity index (χ3n) is 5.11. The molecule has 7 heteroatoms. The van der Waals surface area contributed by atoms with Crippen molar-refractivity contribution in [2.24, 2.45) is 0 Å². The fourth-order valence-electron chi connectivity index (χ4n) is 3.81. The lowest BCUT2D eigenvalue weighted by molar-refractivity contribution is 0.0728. The molecule has 3 heterocycles. The largest absolute Gasteiger partial charge is 0.360 e. The molecule has 140 valence electrons. The van der Waals surface area contributed by atoms with Crippen molar-refractivity contribution in [3.05, 3.63) is 58.6 Å². The molecular formula is C20H21ClN4O2. The number of nitrogens with zero attached hydrogens (tertiary/aromatic N) is 4. The highest BCUT2D eigenvalue weighted by Gasteiger charge is 2.36. The number of aromatic nitrogens is 3. The third-order valence-corrected chi connectivity index (χ3v) is 5.44. The van der Waals surface area contributed by atoms with Gasteiger partial charge in [0.05, 0.1) is 16.8 Å². The van der Waals surface area contributed by atoms with Gasteiger partial charge in [-0.2, -0.15) is 5.10 Å². The Morgan fingerprint density at radius 3 is 2.93 bits per heavy atom. The molecule has 4 rings (SSSR count). The van der Waals surface area contributed by atoms with Crippen molar-refractivity contribution in [2.45, 2.75) is 39.3 Å². The van der Waals surface area contributed by atoms with Gasteiger partial charge in [-0.1, -0.05) is 35.0 Å². The van der Waals surface area contributed by atoms with Crippen LogP contribution in [0, 0.1) is 6.92 Å². The highest BCUT2D eigenvalue weighted by Crippen LogP contribution is 2.37. The average molecular weight is 385 g/mol. The first-order valence-corrected chi connectivity index (χ1v) is 9.53. The quantitative estimate of drug-likeness (QED) is 0.664. The molecule has 0 saturated carbocycles. The van der Waals surface area contributed by atoms with Gasteiger partial charge in [-0.3, -0.25) is 9.48 Å². The van der Waals surface area contributed by atoms with E-state index in [4.69, 9.17) is 16.1 Å². The van der Waals surface area contributed by atoms with E-state index in [9.17, 15) is 4.79 Å². The van der Waals surface area contributed by atoms with Gasteiger partial charge in [0, 0.05) is 24.8 Å². The predicted molar refractivity (Wildman–Crippen MR) is 103 cm³/mol. The first-order valence-electron chi connectivity index (χ1n) is 9.15. The molecule has 1 aromatic carbocycles. The zero-order chi connectivity index (χ0) is 19.0. The number of halogens is 1. The summed E-state index contributed by atoms with van der Waals surface area (Å²) in [5.74, 6) is 0.430. The van der Waals surface area contributed by atoms with Gasteiger partial charge in [0.1, 0.15) is 17.0 Å². The van der Waals surface area contributed by atoms with Crippen LogP contribution in [0.15, 0.2) is 41.1 Å². The summed E-state index contributed by atoms with van der Waals surface area (Å²) in [6, 6.07) is 9.36. The van der Waals surface area contributed by atoms with Crippen LogP contribution in [0.5, 0.6) is 0 Å². The summed E-state index contributed by atoms with van der Waals surface area (Å²) >= 11 is 6.34. The van der Waals surface area contributed by atoms with Gasteiger partial charge < -0.3 is 9.42 Å². The summed E-state index contributed by atoms with van der Waals surface area (Å²) in [6.07, 6.45) is 3.67. The van der Waals surface area contributed by atoms with Crippen LogP contribution in [-0.2, 0) is 6.54 Å². The van der Waals surface area contributed by atoms with Crippen LogP contribution < -0.4 is 0 Å². The maximum absolute atomic E-state index is 13.5. The van der Waals surface area contributed by atoms with Crippen LogP contribution in [0.25, 0.3) is 11.3 Å². The lowest BCUT2D eigenvalue weighted by Gasteiger charge is -2.25. The lowest BCUT2D eigenvalue weighted by atomic mass is 10.0. The van der Waals surface area contributed by atoms with Gasteiger partial charge >= 0.3 is 0 Å². The number of benzene rings is 1. The van der Waals surface area contributed by atoms with E-state index in [0.29, 0.717) is 34.1 Å². The topological polar surface area (TPSA) is 64.2 Å². The molecule has 1 saturated heterocycles. The van der Waals surface area contributed by atoms with E-state index in [0.717, 1.165) is 25.1 Å². The van der Waals surface area contributed by atoms with Crippen molar-refractivity contribution < 1.29 is 9.32 Å². The van der Waals surface area contributed by atoms with E-state index in [1.54, 1.807) is 19.2 Å². The zero-order valence-corrected chi connectivity index (χ0v) is 16.1. The number of hydrogen-bond donors (Lipinski definition) is 0. The van der Waals surface area contributed by atoms with E-state index in [1.165, 1.54) is 0 Å². The maximum atomic E-state index is 13.5. The first kappa shape index (κ1) is 17.8. The maximum Gasteiger partial charge on any atom is 0.260 e. The van der Waals surface area contributed by atoms with Crippen molar-refractivity contribution in [3.63, 3.8) is 0 Å². The standard InChI is InChI=1S/C20H21ClN4O2/c1-3-25-17(10-11-22-25)16-9-6-12-24(16)20(26)18-13(2)27-23-19(18)14-7-4-5-8-15(14)21/h4-5,7-8,10-11,16H,3,6,9,12H2,1-2H3/t16-/m1/s1.